The molecule has 0 unspecified atom stereocenters. The topological polar surface area (TPSA) is 244 Å². The van der Waals surface area contributed by atoms with Gasteiger partial charge in [0.1, 0.15) is 23.6 Å². The molecule has 16 nitrogen and oxygen atoms in total. The van der Waals surface area contributed by atoms with Gasteiger partial charge in [-0.3, -0.25) is 14.1 Å². The van der Waals surface area contributed by atoms with E-state index in [4.69, 9.17) is 9.67 Å². The first-order chi connectivity index (χ1) is 34.7. The van der Waals surface area contributed by atoms with E-state index in [1.165, 1.54) is 48.5 Å². The summed E-state index contributed by atoms with van der Waals surface area (Å²) in [5.41, 5.74) is 4.32. The molecule has 1 aliphatic carbocycles. The van der Waals surface area contributed by atoms with Gasteiger partial charge in [-0.05, 0) is 111 Å². The number of likely N-dealkylation sites (N-methyl/N-ethyl adjacent to an activating group) is 1. The van der Waals surface area contributed by atoms with Crippen LogP contribution in [0.1, 0.15) is 97.7 Å². The van der Waals surface area contributed by atoms with Gasteiger partial charge in [-0.2, -0.15) is 17.3 Å². The van der Waals surface area contributed by atoms with E-state index in [2.05, 4.69) is 41.4 Å². The molecule has 0 saturated heterocycles. The Morgan fingerprint density at radius 2 is 1.63 bits per heavy atom. The van der Waals surface area contributed by atoms with Gasteiger partial charge < -0.3 is 30.0 Å². The van der Waals surface area contributed by atoms with E-state index < -0.39 is 32.9 Å². The first kappa shape index (κ1) is 52.0. The van der Waals surface area contributed by atoms with Crippen LogP contribution in [-0.4, -0.2) is 74.8 Å². The van der Waals surface area contributed by atoms with Crippen LogP contribution in [0.15, 0.2) is 140 Å². The highest BCUT2D eigenvalue weighted by atomic mass is 32.2. The minimum atomic E-state index is -4.61. The summed E-state index contributed by atoms with van der Waals surface area (Å²) >= 11 is 0.885. The Morgan fingerprint density at radius 1 is 0.863 bits per heavy atom. The number of anilines is 1. The molecule has 3 aliphatic heterocycles. The number of aromatic hydroxyl groups is 1. The zero-order chi connectivity index (χ0) is 52.6. The Bertz CT molecular complexity index is 3500. The first-order valence-corrected chi connectivity index (χ1v) is 25.7. The average molecular weight is 1030 g/mol. The summed E-state index contributed by atoms with van der Waals surface area (Å²) in [7, 11) is -4.61. The number of carbonyl (C=O) groups is 3. The fourth-order valence-electron chi connectivity index (χ4n) is 10.1. The predicted octanol–water partition coefficient (Wildman–Crippen LogP) is 10.5. The zero-order valence-corrected chi connectivity index (χ0v) is 42.3. The number of phenolic OH excluding ortho intramolecular Hbond substituents is 1. The summed E-state index contributed by atoms with van der Waals surface area (Å²) in [5.74, 6) is -3.20. The van der Waals surface area contributed by atoms with Crippen molar-refractivity contribution in [2.45, 2.75) is 87.5 Å². The monoisotopic (exact) mass is 1030 g/mol. The molecule has 0 atom stereocenters. The number of nitrogens with one attached hydrogen (secondary N) is 1. The van der Waals surface area contributed by atoms with Gasteiger partial charge in [0.05, 0.1) is 40.7 Å². The molecule has 4 aromatic carbocycles. The third kappa shape index (κ3) is 10.1. The molecule has 4 aliphatic rings. The Hall–Kier alpha value is -7.35. The van der Waals surface area contributed by atoms with Crippen LogP contribution in [0, 0.1) is 0 Å². The minimum absolute atomic E-state index is 0.0778. The van der Waals surface area contributed by atoms with Crippen molar-refractivity contribution in [2.24, 2.45) is 0 Å². The summed E-state index contributed by atoms with van der Waals surface area (Å²) < 4.78 is 48.4. The summed E-state index contributed by atoms with van der Waals surface area (Å²) in [6.07, 6.45) is 11.4. The molecule has 6 N–H and O–H groups in total. The van der Waals surface area contributed by atoms with Gasteiger partial charge in [0.25, 0.3) is 0 Å². The van der Waals surface area contributed by atoms with Crippen molar-refractivity contribution in [1.82, 2.24) is 5.32 Å². The van der Waals surface area contributed by atoms with Crippen molar-refractivity contribution in [2.75, 3.05) is 18.0 Å². The second-order valence-electron chi connectivity index (χ2n) is 18.8. The van der Waals surface area contributed by atoms with Crippen molar-refractivity contribution in [3.8, 4) is 28.2 Å². The van der Waals surface area contributed by atoms with Crippen LogP contribution in [0.5, 0.6) is 5.75 Å². The molecule has 18 heteroatoms. The number of carboxylic acid groups (broad SMARTS) is 2. The molecule has 0 saturated carbocycles. The number of para-hydroxylation sites is 1. The normalized spacial score (nSPS) is 15.5. The van der Waals surface area contributed by atoms with Gasteiger partial charge in [-0.25, -0.2) is 14.8 Å². The number of benzene rings is 5. The lowest BCUT2D eigenvalue weighted by Gasteiger charge is -2.25. The average Bonchev–Trinajstić information content (AvgIpc) is 3.69. The van der Waals surface area contributed by atoms with Crippen LogP contribution >= 0.6 is 12.0 Å². The van der Waals surface area contributed by atoms with Crippen molar-refractivity contribution < 1.29 is 61.3 Å². The fourth-order valence-corrected chi connectivity index (χ4v) is 11.2. The van der Waals surface area contributed by atoms with Gasteiger partial charge >= 0.3 is 22.1 Å². The number of phenols is 1. The van der Waals surface area contributed by atoms with E-state index >= 15 is 0 Å². The van der Waals surface area contributed by atoms with Gasteiger partial charge in [0, 0.05) is 75.3 Å². The van der Waals surface area contributed by atoms with E-state index in [0.717, 1.165) is 57.8 Å². The Balaban J connectivity index is 0.997. The molecule has 0 spiro atoms. The molecule has 1 amide bonds. The standard InChI is InChI=1S/C55H53N3O13S2/c1-6-57-42-25-21-34(72-71-66)30-41(42)55(4,5)46(57)16-9-7-10-17-47-54(2,3)40-14-13-15-45(73(67,68)69)50(40)58(47)27-12-8-11-18-48(61)56-31-39-43(60)26-24-37-49(36-23-20-33(59)29-44(36)70-51(37)39)35-22-19-32(52(62)63)28-38(35)53(64)65/h7,9-10,13-17,19-26,28-30H,6,8,11-12,18,27,31H2,1-5H3,(H5-,56,59,60,61,62,63,64,65,66,67,68,69)/p+1. The summed E-state index contributed by atoms with van der Waals surface area (Å²) in [4.78, 5) is 53.0. The Morgan fingerprint density at radius 3 is 2.34 bits per heavy atom. The molecule has 378 valence electrons. The van der Waals surface area contributed by atoms with Crippen molar-refractivity contribution in [1.29, 1.82) is 0 Å². The molecule has 4 aromatic rings. The third-order valence-electron chi connectivity index (χ3n) is 13.6. The third-order valence-corrected chi connectivity index (χ3v) is 15.1. The number of carbonyl (C=O) groups excluding carboxylic acids is 1. The van der Waals surface area contributed by atoms with Crippen molar-refractivity contribution in [3.05, 3.63) is 159 Å². The molecular formula is C55H54N3O13S2+. The van der Waals surface area contributed by atoms with E-state index in [9.17, 15) is 47.5 Å². The first-order valence-electron chi connectivity index (χ1n) is 23.5. The highest BCUT2D eigenvalue weighted by molar-refractivity contribution is 7.94. The molecule has 3 heterocycles. The fraction of sp³-hybridized carbons (Fsp3) is 0.255. The summed E-state index contributed by atoms with van der Waals surface area (Å²) in [5, 5.41) is 43.1. The molecule has 73 heavy (non-hydrogen) atoms. The lowest BCUT2D eigenvalue weighted by Crippen LogP contribution is -2.28. The molecule has 8 rings (SSSR count). The number of aromatic carboxylic acids is 2. The molecule has 0 radical (unpaired) electrons. The Labute approximate surface area is 425 Å². The minimum Gasteiger partial charge on any atom is -0.507 e. The van der Waals surface area contributed by atoms with Crippen LogP contribution < -0.4 is 15.6 Å². The zero-order valence-electron chi connectivity index (χ0n) is 40.6. The lowest BCUT2D eigenvalue weighted by molar-refractivity contribution is -0.441. The van der Waals surface area contributed by atoms with Crippen LogP contribution in [0.3, 0.4) is 0 Å². The number of carboxylic acids is 2. The largest absolute Gasteiger partial charge is 0.507 e. The second-order valence-corrected chi connectivity index (χ2v) is 21.0. The number of hydrogen-bond donors (Lipinski definition) is 6. The number of allylic oxidation sites excluding steroid dienone is 6. The summed E-state index contributed by atoms with van der Waals surface area (Å²) in [6, 6.07) is 21.4. The van der Waals surface area contributed by atoms with Crippen molar-refractivity contribution >= 4 is 68.1 Å². The lowest BCUT2D eigenvalue weighted by atomic mass is 9.81. The van der Waals surface area contributed by atoms with Crippen molar-refractivity contribution in [3.63, 3.8) is 0 Å². The number of hydrogen-bond acceptors (Lipinski definition) is 12. The SMILES string of the molecule is CCN1/C(=C/C=C/C=C/C2=[N+](CCCCCC(=O)NCc3c(O)ccc4c(-c5ccc(C(=O)O)cc5C(=O)O)c5ccc(=O)cc-5oc34)c3c(cccc3S(=O)(=O)O)C2(C)C)C(C)(C)c2cc(SOO)ccc21. The second kappa shape index (κ2) is 20.6. The quantitative estimate of drug-likeness (QED) is 0.00685. The van der Waals surface area contributed by atoms with Gasteiger partial charge in [0.2, 0.25) is 11.6 Å². The van der Waals surface area contributed by atoms with E-state index in [-0.39, 0.29) is 68.5 Å². The van der Waals surface area contributed by atoms with Gasteiger partial charge in [0.15, 0.2) is 16.0 Å². The van der Waals surface area contributed by atoms with Crippen LogP contribution in [-0.2, 0) is 36.6 Å². The number of rotatable bonds is 18. The smallest absolute Gasteiger partial charge is 0.336 e. The Kier molecular flexibility index (Phi) is 14.7. The molecule has 0 bridgehead atoms. The molecule has 0 aromatic heterocycles. The van der Waals surface area contributed by atoms with Crippen LogP contribution in [0.25, 0.3) is 33.4 Å². The number of unbranched alkanes of at least 4 members (excludes halogenated alkanes) is 2. The van der Waals surface area contributed by atoms with Crippen LogP contribution in [0.4, 0.5) is 11.4 Å². The van der Waals surface area contributed by atoms with Gasteiger partial charge in [-0.1, -0.05) is 50.3 Å². The highest BCUT2D eigenvalue weighted by Crippen LogP contribution is 2.49. The molecular weight excluding hydrogens is 975 g/mol. The van der Waals surface area contributed by atoms with Crippen LogP contribution in [0.2, 0.25) is 0 Å². The van der Waals surface area contributed by atoms with Gasteiger partial charge in [-0.15, -0.1) is 0 Å². The van der Waals surface area contributed by atoms with E-state index in [1.807, 2.05) is 67.0 Å². The maximum absolute atomic E-state index is 13.4. The number of fused-ring (bicyclic) bond motifs is 4. The predicted molar refractivity (Wildman–Crippen MR) is 278 cm³/mol. The maximum atomic E-state index is 13.4. The van der Waals surface area contributed by atoms with E-state index in [0.29, 0.717) is 48.0 Å². The highest BCUT2D eigenvalue weighted by Gasteiger charge is 2.47. The summed E-state index contributed by atoms with van der Waals surface area (Å²) in [6.45, 7) is 11.3. The molecule has 0 fully saturated rings. The van der Waals surface area contributed by atoms with E-state index in [1.54, 1.807) is 6.07 Å². The maximum Gasteiger partial charge on any atom is 0.336 e. The number of nitrogens with zero attached hydrogens (tertiary/aromatic N) is 2. The number of amides is 1.